The molecule has 16 heavy (non-hydrogen) atoms. The van der Waals surface area contributed by atoms with Gasteiger partial charge in [-0.15, -0.1) is 0 Å². The van der Waals surface area contributed by atoms with Crippen molar-refractivity contribution in [3.05, 3.63) is 28.3 Å². The van der Waals surface area contributed by atoms with Crippen molar-refractivity contribution in [3.8, 4) is 5.75 Å². The van der Waals surface area contributed by atoms with E-state index in [1.807, 2.05) is 0 Å². The van der Waals surface area contributed by atoms with Crippen molar-refractivity contribution in [2.45, 2.75) is 12.5 Å². The quantitative estimate of drug-likeness (QED) is 0.475. The van der Waals surface area contributed by atoms with E-state index in [-0.39, 0.29) is 23.2 Å². The average Bonchev–Trinajstić information content (AvgIpc) is 2.70. The lowest BCUT2D eigenvalue weighted by molar-refractivity contribution is -0.385. The first-order valence-corrected chi connectivity index (χ1v) is 4.96. The number of anilines is 1. The Balaban J connectivity index is 2.25. The first-order valence-electron chi connectivity index (χ1n) is 4.96. The molecular weight excluding hydrogens is 212 g/mol. The number of para-hydroxylation sites is 1. The molecule has 2 rings (SSSR count). The van der Waals surface area contributed by atoms with Crippen LogP contribution in [0.1, 0.15) is 6.42 Å². The van der Waals surface area contributed by atoms with Crippen molar-refractivity contribution in [1.82, 2.24) is 0 Å². The Hall–Kier alpha value is -1.82. The van der Waals surface area contributed by atoms with Gasteiger partial charge in [-0.25, -0.2) is 0 Å². The smallest absolute Gasteiger partial charge is 0.333 e. The molecule has 1 atom stereocenters. The molecule has 1 aromatic rings. The molecule has 0 amide bonds. The number of ether oxygens (including phenoxy) is 2. The van der Waals surface area contributed by atoms with Crippen LogP contribution in [0.25, 0.3) is 0 Å². The van der Waals surface area contributed by atoms with Crippen LogP contribution in [0, 0.1) is 10.1 Å². The number of nitrogen functional groups attached to an aromatic ring is 1. The van der Waals surface area contributed by atoms with Gasteiger partial charge >= 0.3 is 5.69 Å². The van der Waals surface area contributed by atoms with Crippen LogP contribution in [0.5, 0.6) is 5.75 Å². The maximum Gasteiger partial charge on any atom is 0.333 e. The molecular formula is C10H12N2O4. The van der Waals surface area contributed by atoms with Crippen molar-refractivity contribution in [3.63, 3.8) is 0 Å². The highest BCUT2D eigenvalue weighted by atomic mass is 16.6. The molecule has 6 nitrogen and oxygen atoms in total. The van der Waals surface area contributed by atoms with Gasteiger partial charge in [-0.3, -0.25) is 10.1 Å². The third-order valence-corrected chi connectivity index (χ3v) is 2.39. The normalized spacial score (nSPS) is 19.6. The lowest BCUT2D eigenvalue weighted by atomic mass is 10.2. The van der Waals surface area contributed by atoms with Crippen LogP contribution >= 0.6 is 0 Å². The van der Waals surface area contributed by atoms with Crippen LogP contribution in [-0.2, 0) is 4.74 Å². The number of hydrogen-bond acceptors (Lipinski definition) is 5. The Morgan fingerprint density at radius 1 is 1.56 bits per heavy atom. The number of benzene rings is 1. The topological polar surface area (TPSA) is 87.6 Å². The minimum Gasteiger partial charge on any atom is -0.481 e. The molecule has 0 bridgehead atoms. The summed E-state index contributed by atoms with van der Waals surface area (Å²) >= 11 is 0. The van der Waals surface area contributed by atoms with Gasteiger partial charge in [0.15, 0.2) is 5.75 Å². The van der Waals surface area contributed by atoms with Crippen LogP contribution in [-0.4, -0.2) is 24.2 Å². The summed E-state index contributed by atoms with van der Waals surface area (Å²) in [5.41, 5.74) is 5.48. The van der Waals surface area contributed by atoms with E-state index in [1.165, 1.54) is 6.07 Å². The highest BCUT2D eigenvalue weighted by molar-refractivity contribution is 5.65. The number of rotatable bonds is 3. The fourth-order valence-electron chi connectivity index (χ4n) is 1.62. The standard InChI is InChI=1S/C10H12N2O4/c11-8-2-1-3-9(10(8)12(13)14)16-7-4-5-15-6-7/h1-3,7H,4-6,11H2. The molecule has 6 heteroatoms. The molecule has 0 aliphatic carbocycles. The molecule has 1 heterocycles. The molecule has 1 aliphatic rings. The average molecular weight is 224 g/mol. The van der Waals surface area contributed by atoms with Crippen LogP contribution in [0.3, 0.4) is 0 Å². The van der Waals surface area contributed by atoms with Gasteiger partial charge in [0.2, 0.25) is 0 Å². The molecule has 0 spiro atoms. The lowest BCUT2D eigenvalue weighted by Gasteiger charge is -2.12. The summed E-state index contributed by atoms with van der Waals surface area (Å²) in [6.45, 7) is 1.09. The van der Waals surface area contributed by atoms with E-state index in [2.05, 4.69) is 0 Å². The highest BCUT2D eigenvalue weighted by Crippen LogP contribution is 2.33. The number of nitro groups is 1. The molecule has 1 unspecified atom stereocenters. The maximum absolute atomic E-state index is 10.8. The van der Waals surface area contributed by atoms with Crippen molar-refractivity contribution < 1.29 is 14.4 Å². The molecule has 2 N–H and O–H groups in total. The first-order chi connectivity index (χ1) is 7.68. The van der Waals surface area contributed by atoms with Crippen molar-refractivity contribution in [2.75, 3.05) is 18.9 Å². The van der Waals surface area contributed by atoms with Gasteiger partial charge < -0.3 is 15.2 Å². The predicted octanol–water partition coefficient (Wildman–Crippen LogP) is 1.34. The van der Waals surface area contributed by atoms with Gasteiger partial charge in [-0.2, -0.15) is 0 Å². The molecule has 0 aromatic heterocycles. The molecule has 1 aromatic carbocycles. The largest absolute Gasteiger partial charge is 0.481 e. The van der Waals surface area contributed by atoms with Crippen molar-refractivity contribution in [1.29, 1.82) is 0 Å². The molecule has 1 aliphatic heterocycles. The number of nitrogens with zero attached hydrogens (tertiary/aromatic N) is 1. The summed E-state index contributed by atoms with van der Waals surface area (Å²) in [6.07, 6.45) is 0.617. The summed E-state index contributed by atoms with van der Waals surface area (Å²) in [7, 11) is 0. The minimum absolute atomic E-state index is 0.112. The van der Waals surface area contributed by atoms with Gasteiger partial charge in [0, 0.05) is 6.42 Å². The zero-order valence-corrected chi connectivity index (χ0v) is 8.59. The monoisotopic (exact) mass is 224 g/mol. The molecule has 0 radical (unpaired) electrons. The lowest BCUT2D eigenvalue weighted by Crippen LogP contribution is -2.16. The van der Waals surface area contributed by atoms with Crippen LogP contribution < -0.4 is 10.5 Å². The predicted molar refractivity (Wildman–Crippen MR) is 57.4 cm³/mol. The van der Waals surface area contributed by atoms with Crippen LogP contribution in [0.15, 0.2) is 18.2 Å². The van der Waals surface area contributed by atoms with E-state index in [4.69, 9.17) is 15.2 Å². The summed E-state index contributed by atoms with van der Waals surface area (Å²) in [4.78, 5) is 10.3. The van der Waals surface area contributed by atoms with Gasteiger partial charge in [0.05, 0.1) is 18.1 Å². The molecule has 1 saturated heterocycles. The van der Waals surface area contributed by atoms with Gasteiger partial charge in [-0.05, 0) is 12.1 Å². The Labute approximate surface area is 92.1 Å². The second kappa shape index (κ2) is 4.36. The zero-order valence-electron chi connectivity index (χ0n) is 8.59. The first kappa shape index (κ1) is 10.7. The van der Waals surface area contributed by atoms with E-state index in [0.717, 1.165) is 6.42 Å². The summed E-state index contributed by atoms with van der Waals surface area (Å²) in [5, 5.41) is 10.8. The number of nitro benzene ring substituents is 1. The summed E-state index contributed by atoms with van der Waals surface area (Å²) in [6, 6.07) is 4.66. The van der Waals surface area contributed by atoms with Gasteiger partial charge in [0.1, 0.15) is 11.8 Å². The van der Waals surface area contributed by atoms with E-state index >= 15 is 0 Å². The van der Waals surface area contributed by atoms with Gasteiger partial charge in [0.25, 0.3) is 0 Å². The van der Waals surface area contributed by atoms with Crippen LogP contribution in [0.4, 0.5) is 11.4 Å². The summed E-state index contributed by atoms with van der Waals surface area (Å²) in [5.74, 6) is 0.209. The van der Waals surface area contributed by atoms with E-state index in [0.29, 0.717) is 13.2 Å². The second-order valence-electron chi connectivity index (χ2n) is 3.55. The SMILES string of the molecule is Nc1cccc(OC2CCOC2)c1[N+](=O)[O-]. The number of nitrogens with two attached hydrogens (primary N) is 1. The third-order valence-electron chi connectivity index (χ3n) is 2.39. The molecule has 0 saturated carbocycles. The van der Waals surface area contributed by atoms with Crippen molar-refractivity contribution >= 4 is 11.4 Å². The minimum atomic E-state index is -0.527. The second-order valence-corrected chi connectivity index (χ2v) is 3.55. The molecule has 86 valence electrons. The Bertz CT molecular complexity index is 402. The fraction of sp³-hybridized carbons (Fsp3) is 0.400. The number of hydrogen-bond donors (Lipinski definition) is 1. The van der Waals surface area contributed by atoms with E-state index in [9.17, 15) is 10.1 Å². The third kappa shape index (κ3) is 2.06. The summed E-state index contributed by atoms with van der Waals surface area (Å²) < 4.78 is 10.6. The highest BCUT2D eigenvalue weighted by Gasteiger charge is 2.24. The Morgan fingerprint density at radius 2 is 2.38 bits per heavy atom. The zero-order chi connectivity index (χ0) is 11.5. The Morgan fingerprint density at radius 3 is 3.00 bits per heavy atom. The van der Waals surface area contributed by atoms with E-state index in [1.54, 1.807) is 12.1 Å². The van der Waals surface area contributed by atoms with Crippen molar-refractivity contribution in [2.24, 2.45) is 0 Å². The maximum atomic E-state index is 10.8. The molecule has 1 fully saturated rings. The Kier molecular flexibility index (Phi) is 2.91. The van der Waals surface area contributed by atoms with Crippen LogP contribution in [0.2, 0.25) is 0 Å². The van der Waals surface area contributed by atoms with Gasteiger partial charge in [-0.1, -0.05) is 6.07 Å². The van der Waals surface area contributed by atoms with E-state index < -0.39 is 4.92 Å². The fourth-order valence-corrected chi connectivity index (χ4v) is 1.62.